The van der Waals surface area contributed by atoms with Crippen molar-refractivity contribution in [3.05, 3.63) is 45.2 Å². The monoisotopic (exact) mass is 472 g/mol. The van der Waals surface area contributed by atoms with Crippen LogP contribution in [0.3, 0.4) is 0 Å². The van der Waals surface area contributed by atoms with Gasteiger partial charge in [-0.2, -0.15) is 0 Å². The maximum atomic E-state index is 13.3. The summed E-state index contributed by atoms with van der Waals surface area (Å²) in [5, 5.41) is 3.26. The molecule has 0 radical (unpaired) electrons. The van der Waals surface area contributed by atoms with Crippen LogP contribution in [0.1, 0.15) is 51.0 Å². The first-order chi connectivity index (χ1) is 15.6. The largest absolute Gasteiger partial charge is 0.382 e. The number of anilines is 1. The minimum Gasteiger partial charge on any atom is -0.382 e. The van der Waals surface area contributed by atoms with Gasteiger partial charge in [-0.25, -0.2) is 4.98 Å². The number of carbonyl (C=O) groups excluding carboxylic acids is 1. The fourth-order valence-electron chi connectivity index (χ4n) is 4.16. The van der Waals surface area contributed by atoms with E-state index in [1.807, 2.05) is 13.0 Å². The number of hydrogen-bond acceptors (Lipinski definition) is 7. The number of thiocarbonyl (C=S) groups is 1. The van der Waals surface area contributed by atoms with Gasteiger partial charge >= 0.3 is 0 Å². The Bertz CT molecular complexity index is 1090. The van der Waals surface area contributed by atoms with Crippen LogP contribution in [0, 0.1) is 0 Å². The SMILES string of the molecule is CCOCCCNc1nc2ccccn2c(=O)c1C=C1SC(=S)N(C2CCCCC2)C1=O. The quantitative estimate of drug-likeness (QED) is 0.353. The van der Waals surface area contributed by atoms with Gasteiger partial charge in [0.1, 0.15) is 15.8 Å². The zero-order chi connectivity index (χ0) is 22.5. The van der Waals surface area contributed by atoms with E-state index in [4.69, 9.17) is 17.0 Å². The molecule has 1 aliphatic heterocycles. The summed E-state index contributed by atoms with van der Waals surface area (Å²) in [6, 6.07) is 5.58. The lowest BCUT2D eigenvalue weighted by atomic mass is 9.94. The number of nitrogens with zero attached hydrogens (tertiary/aromatic N) is 3. The zero-order valence-corrected chi connectivity index (χ0v) is 19.8. The predicted molar refractivity (Wildman–Crippen MR) is 133 cm³/mol. The maximum absolute atomic E-state index is 13.3. The van der Waals surface area contributed by atoms with Crippen molar-refractivity contribution in [2.24, 2.45) is 0 Å². The number of fused-ring (bicyclic) bond motifs is 1. The van der Waals surface area contributed by atoms with E-state index in [2.05, 4.69) is 10.3 Å². The number of rotatable bonds is 8. The number of thioether (sulfide) groups is 1. The molecular weight excluding hydrogens is 444 g/mol. The van der Waals surface area contributed by atoms with Crippen LogP contribution < -0.4 is 10.9 Å². The molecule has 2 aromatic heterocycles. The standard InChI is InChI=1S/C23H28N4O3S2/c1-2-30-14-8-12-24-20-17(21(28)26-13-7-6-11-19(26)25-20)15-18-22(29)27(23(31)32-18)16-9-4-3-5-10-16/h6-7,11,13,15-16,24H,2-5,8-10,12,14H2,1H3. The first kappa shape index (κ1) is 22.9. The number of hydrogen-bond donors (Lipinski definition) is 1. The Morgan fingerprint density at radius 2 is 2.09 bits per heavy atom. The summed E-state index contributed by atoms with van der Waals surface area (Å²) in [5.41, 5.74) is 0.705. The molecule has 3 heterocycles. The second-order valence-electron chi connectivity index (χ2n) is 7.93. The average Bonchev–Trinajstić information content (AvgIpc) is 3.09. The van der Waals surface area contributed by atoms with Crippen molar-refractivity contribution in [3.63, 3.8) is 0 Å². The topological polar surface area (TPSA) is 75.9 Å². The molecule has 9 heteroatoms. The van der Waals surface area contributed by atoms with Crippen molar-refractivity contribution >= 4 is 51.7 Å². The van der Waals surface area contributed by atoms with E-state index in [1.54, 1.807) is 29.3 Å². The van der Waals surface area contributed by atoms with Crippen LogP contribution in [0.4, 0.5) is 5.82 Å². The van der Waals surface area contributed by atoms with Gasteiger partial charge in [-0.1, -0.05) is 49.3 Å². The fourth-order valence-corrected chi connectivity index (χ4v) is 5.54. The molecule has 1 saturated heterocycles. The lowest BCUT2D eigenvalue weighted by molar-refractivity contribution is -0.124. The molecule has 1 N–H and O–H groups in total. The second-order valence-corrected chi connectivity index (χ2v) is 9.60. The first-order valence-corrected chi connectivity index (χ1v) is 12.4. The van der Waals surface area contributed by atoms with E-state index in [0.29, 0.717) is 46.0 Å². The number of nitrogens with one attached hydrogen (secondary N) is 1. The molecule has 7 nitrogen and oxygen atoms in total. The highest BCUT2D eigenvalue weighted by Crippen LogP contribution is 2.37. The Balaban J connectivity index is 1.66. The van der Waals surface area contributed by atoms with Crippen LogP contribution in [0.2, 0.25) is 0 Å². The summed E-state index contributed by atoms with van der Waals surface area (Å²) in [6.07, 6.45) is 9.53. The number of ether oxygens (including phenoxy) is 1. The molecule has 0 unspecified atom stereocenters. The van der Waals surface area contributed by atoms with E-state index in [1.165, 1.54) is 22.6 Å². The average molecular weight is 473 g/mol. The van der Waals surface area contributed by atoms with Gasteiger partial charge in [0.05, 0.1) is 10.5 Å². The lowest BCUT2D eigenvalue weighted by Gasteiger charge is -2.29. The van der Waals surface area contributed by atoms with Crippen molar-refractivity contribution < 1.29 is 9.53 Å². The van der Waals surface area contributed by atoms with E-state index in [-0.39, 0.29) is 17.5 Å². The molecule has 2 aromatic rings. The molecule has 32 heavy (non-hydrogen) atoms. The molecule has 0 bridgehead atoms. The molecule has 2 fully saturated rings. The summed E-state index contributed by atoms with van der Waals surface area (Å²) in [5.74, 6) is 0.368. The Morgan fingerprint density at radius 3 is 2.88 bits per heavy atom. The van der Waals surface area contributed by atoms with Gasteiger partial charge in [-0.3, -0.25) is 18.9 Å². The Morgan fingerprint density at radius 1 is 1.28 bits per heavy atom. The first-order valence-electron chi connectivity index (χ1n) is 11.2. The highest BCUT2D eigenvalue weighted by molar-refractivity contribution is 8.26. The summed E-state index contributed by atoms with van der Waals surface area (Å²) in [4.78, 5) is 33.4. The molecule has 1 saturated carbocycles. The van der Waals surface area contributed by atoms with Crippen molar-refractivity contribution in [2.75, 3.05) is 25.1 Å². The minimum atomic E-state index is -0.217. The molecular formula is C23H28N4O3S2. The summed E-state index contributed by atoms with van der Waals surface area (Å²) in [7, 11) is 0. The number of aromatic nitrogens is 2. The van der Waals surface area contributed by atoms with Gasteiger partial charge < -0.3 is 10.1 Å². The molecule has 0 atom stereocenters. The molecule has 1 aliphatic carbocycles. The Kier molecular flexibility index (Phi) is 7.59. The van der Waals surface area contributed by atoms with Crippen LogP contribution >= 0.6 is 24.0 Å². The van der Waals surface area contributed by atoms with Crippen molar-refractivity contribution in [1.82, 2.24) is 14.3 Å². The van der Waals surface area contributed by atoms with E-state index >= 15 is 0 Å². The summed E-state index contributed by atoms with van der Waals surface area (Å²) >= 11 is 6.82. The molecule has 1 amide bonds. The van der Waals surface area contributed by atoms with E-state index < -0.39 is 0 Å². The van der Waals surface area contributed by atoms with Gasteiger partial charge in [0.15, 0.2) is 0 Å². The van der Waals surface area contributed by atoms with Crippen LogP contribution in [0.5, 0.6) is 0 Å². The van der Waals surface area contributed by atoms with Crippen LogP contribution in [0.25, 0.3) is 11.7 Å². The molecule has 4 rings (SSSR count). The number of pyridine rings is 1. The summed E-state index contributed by atoms with van der Waals surface area (Å²) < 4.78 is 7.47. The Labute approximate surface area is 197 Å². The van der Waals surface area contributed by atoms with Crippen molar-refractivity contribution in [3.8, 4) is 0 Å². The van der Waals surface area contributed by atoms with Crippen LogP contribution in [-0.2, 0) is 9.53 Å². The third-order valence-corrected chi connectivity index (χ3v) is 7.10. The number of carbonyl (C=O) groups is 1. The number of amides is 1. The second kappa shape index (κ2) is 10.6. The molecule has 0 aromatic carbocycles. The van der Waals surface area contributed by atoms with E-state index in [0.717, 1.165) is 32.1 Å². The Hall–Kier alpha value is -2.23. The highest BCUT2D eigenvalue weighted by atomic mass is 32.2. The van der Waals surface area contributed by atoms with Gasteiger partial charge in [0.2, 0.25) is 0 Å². The van der Waals surface area contributed by atoms with Crippen LogP contribution in [0.15, 0.2) is 34.1 Å². The smallest absolute Gasteiger partial charge is 0.267 e. The third-order valence-electron chi connectivity index (χ3n) is 5.77. The maximum Gasteiger partial charge on any atom is 0.267 e. The van der Waals surface area contributed by atoms with Crippen LogP contribution in [-0.4, -0.2) is 50.3 Å². The van der Waals surface area contributed by atoms with Gasteiger partial charge in [0.25, 0.3) is 11.5 Å². The zero-order valence-electron chi connectivity index (χ0n) is 18.2. The molecule has 170 valence electrons. The third kappa shape index (κ3) is 4.89. The summed E-state index contributed by atoms with van der Waals surface area (Å²) in [6.45, 7) is 3.87. The van der Waals surface area contributed by atoms with Crippen molar-refractivity contribution in [1.29, 1.82) is 0 Å². The van der Waals surface area contributed by atoms with Gasteiger partial charge in [-0.05, 0) is 44.4 Å². The van der Waals surface area contributed by atoms with Gasteiger partial charge in [0, 0.05) is 32.0 Å². The normalized spacial score (nSPS) is 18.8. The lowest BCUT2D eigenvalue weighted by Crippen LogP contribution is -2.39. The van der Waals surface area contributed by atoms with E-state index in [9.17, 15) is 9.59 Å². The minimum absolute atomic E-state index is 0.105. The molecule has 0 spiro atoms. The van der Waals surface area contributed by atoms with Gasteiger partial charge in [-0.15, -0.1) is 0 Å². The van der Waals surface area contributed by atoms with Crippen molar-refractivity contribution in [2.45, 2.75) is 51.5 Å². The fraction of sp³-hybridized carbons (Fsp3) is 0.478. The molecule has 2 aliphatic rings. The predicted octanol–water partition coefficient (Wildman–Crippen LogP) is 4.07. The highest BCUT2D eigenvalue weighted by Gasteiger charge is 2.37.